The van der Waals surface area contributed by atoms with Gasteiger partial charge in [-0.2, -0.15) is 0 Å². The van der Waals surface area contributed by atoms with Crippen LogP contribution < -0.4 is 16.0 Å². The highest BCUT2D eigenvalue weighted by Gasteiger charge is 2.47. The molecule has 0 aromatic rings. The molecule has 2 aliphatic heterocycles. The first-order valence-electron chi connectivity index (χ1n) is 7.02. The van der Waals surface area contributed by atoms with Crippen molar-refractivity contribution in [3.05, 3.63) is 0 Å². The lowest BCUT2D eigenvalue weighted by Gasteiger charge is -2.48. The van der Waals surface area contributed by atoms with Crippen molar-refractivity contribution in [2.24, 2.45) is 11.8 Å². The number of Topliss-reactive ketones (excluding diaryl/α,β-unsaturated/α-hetero) is 1. The van der Waals surface area contributed by atoms with Crippen molar-refractivity contribution in [2.75, 3.05) is 32.7 Å². The minimum absolute atomic E-state index is 0.0379. The van der Waals surface area contributed by atoms with E-state index in [1.54, 1.807) is 0 Å². The SMILES string of the molecule is O=C(C1CCC1)C1CNCCC12CNCCN2. The van der Waals surface area contributed by atoms with Crippen LogP contribution in [0, 0.1) is 11.8 Å². The predicted octanol–water partition coefficient (Wildman–Crippen LogP) is -0.103. The Morgan fingerprint density at radius 1 is 1.12 bits per heavy atom. The van der Waals surface area contributed by atoms with E-state index in [0.29, 0.717) is 11.7 Å². The number of carbonyl (C=O) groups excluding carboxylic acids is 1. The van der Waals surface area contributed by atoms with E-state index in [0.717, 1.165) is 52.0 Å². The maximum absolute atomic E-state index is 12.5. The highest BCUT2D eigenvalue weighted by atomic mass is 16.1. The van der Waals surface area contributed by atoms with Crippen LogP contribution in [0.15, 0.2) is 0 Å². The van der Waals surface area contributed by atoms with Crippen LogP contribution in [0.3, 0.4) is 0 Å². The zero-order valence-corrected chi connectivity index (χ0v) is 10.4. The molecule has 1 aliphatic carbocycles. The van der Waals surface area contributed by atoms with Crippen molar-refractivity contribution in [2.45, 2.75) is 31.2 Å². The monoisotopic (exact) mass is 237 g/mol. The van der Waals surface area contributed by atoms with Crippen LogP contribution in [0.1, 0.15) is 25.7 Å². The molecule has 2 atom stereocenters. The molecular weight excluding hydrogens is 214 g/mol. The molecule has 0 aromatic heterocycles. The van der Waals surface area contributed by atoms with E-state index in [-0.39, 0.29) is 11.5 Å². The third-order valence-corrected chi connectivity index (χ3v) is 4.83. The second-order valence-electron chi connectivity index (χ2n) is 5.80. The number of piperazine rings is 1. The molecule has 1 saturated carbocycles. The summed E-state index contributed by atoms with van der Waals surface area (Å²) in [5.74, 6) is 1.05. The lowest BCUT2D eigenvalue weighted by Crippen LogP contribution is -2.69. The fraction of sp³-hybridized carbons (Fsp3) is 0.923. The zero-order valence-electron chi connectivity index (χ0n) is 10.4. The first-order valence-corrected chi connectivity index (χ1v) is 7.02. The summed E-state index contributed by atoms with van der Waals surface area (Å²) in [5.41, 5.74) is 0.0379. The van der Waals surface area contributed by atoms with E-state index in [2.05, 4.69) is 16.0 Å². The molecule has 4 heteroatoms. The molecule has 0 radical (unpaired) electrons. The molecule has 4 nitrogen and oxygen atoms in total. The molecule has 17 heavy (non-hydrogen) atoms. The van der Waals surface area contributed by atoms with E-state index in [4.69, 9.17) is 0 Å². The summed E-state index contributed by atoms with van der Waals surface area (Å²) >= 11 is 0. The van der Waals surface area contributed by atoms with Crippen LogP contribution >= 0.6 is 0 Å². The molecule has 3 N–H and O–H groups in total. The summed E-state index contributed by atoms with van der Waals surface area (Å²) in [5, 5.41) is 10.5. The van der Waals surface area contributed by atoms with Gasteiger partial charge in [0, 0.05) is 43.6 Å². The Kier molecular flexibility index (Phi) is 3.19. The quantitative estimate of drug-likeness (QED) is 0.628. The van der Waals surface area contributed by atoms with Crippen LogP contribution in [0.5, 0.6) is 0 Å². The number of ketones is 1. The van der Waals surface area contributed by atoms with Gasteiger partial charge in [-0.25, -0.2) is 0 Å². The standard InChI is InChI=1S/C13H23N3O/c17-12(10-2-1-3-10)11-8-14-5-4-13(11)9-15-6-7-16-13/h10-11,14-16H,1-9H2. The average molecular weight is 237 g/mol. The first kappa shape index (κ1) is 11.6. The average Bonchev–Trinajstić information content (AvgIpc) is 2.28. The maximum atomic E-state index is 12.5. The second kappa shape index (κ2) is 4.67. The summed E-state index contributed by atoms with van der Waals surface area (Å²) in [6.45, 7) is 4.87. The van der Waals surface area contributed by atoms with Crippen LogP contribution in [-0.2, 0) is 4.79 Å². The molecule has 2 saturated heterocycles. The number of hydrogen-bond acceptors (Lipinski definition) is 4. The third kappa shape index (κ3) is 2.02. The second-order valence-corrected chi connectivity index (χ2v) is 5.80. The number of carbonyl (C=O) groups is 1. The highest BCUT2D eigenvalue weighted by Crippen LogP contribution is 2.35. The summed E-state index contributed by atoms with van der Waals surface area (Å²) in [4.78, 5) is 12.5. The molecule has 96 valence electrons. The summed E-state index contributed by atoms with van der Waals surface area (Å²) < 4.78 is 0. The molecule has 3 aliphatic rings. The van der Waals surface area contributed by atoms with Gasteiger partial charge in [0.2, 0.25) is 0 Å². The van der Waals surface area contributed by atoms with Gasteiger partial charge in [0.1, 0.15) is 5.78 Å². The summed E-state index contributed by atoms with van der Waals surface area (Å²) in [6, 6.07) is 0. The lowest BCUT2D eigenvalue weighted by atomic mass is 9.68. The molecule has 3 fully saturated rings. The van der Waals surface area contributed by atoms with Crippen molar-refractivity contribution in [1.82, 2.24) is 16.0 Å². The predicted molar refractivity (Wildman–Crippen MR) is 66.9 cm³/mol. The van der Waals surface area contributed by atoms with Gasteiger partial charge in [-0.15, -0.1) is 0 Å². The first-order chi connectivity index (χ1) is 8.32. The number of hydrogen-bond donors (Lipinski definition) is 3. The molecule has 3 rings (SSSR count). The van der Waals surface area contributed by atoms with E-state index >= 15 is 0 Å². The Morgan fingerprint density at radius 2 is 2.00 bits per heavy atom. The fourth-order valence-corrected chi connectivity index (χ4v) is 3.47. The molecule has 2 heterocycles. The molecule has 0 amide bonds. The molecular formula is C13H23N3O. The van der Waals surface area contributed by atoms with Gasteiger partial charge in [-0.3, -0.25) is 4.79 Å². The van der Waals surface area contributed by atoms with E-state index in [9.17, 15) is 4.79 Å². The smallest absolute Gasteiger partial charge is 0.142 e. The van der Waals surface area contributed by atoms with Gasteiger partial charge >= 0.3 is 0 Å². The van der Waals surface area contributed by atoms with Crippen molar-refractivity contribution >= 4 is 5.78 Å². The van der Waals surface area contributed by atoms with Crippen molar-refractivity contribution in [3.8, 4) is 0 Å². The largest absolute Gasteiger partial charge is 0.316 e. The zero-order chi connectivity index (χ0) is 11.7. The Hall–Kier alpha value is -0.450. The molecule has 1 spiro atoms. The van der Waals surface area contributed by atoms with Crippen LogP contribution in [0.25, 0.3) is 0 Å². The van der Waals surface area contributed by atoms with Crippen molar-refractivity contribution < 1.29 is 4.79 Å². The lowest BCUT2D eigenvalue weighted by molar-refractivity contribution is -0.133. The van der Waals surface area contributed by atoms with Crippen LogP contribution in [0.4, 0.5) is 0 Å². The number of rotatable bonds is 2. The minimum Gasteiger partial charge on any atom is -0.316 e. The van der Waals surface area contributed by atoms with Gasteiger partial charge in [0.25, 0.3) is 0 Å². The summed E-state index contributed by atoms with van der Waals surface area (Å²) in [7, 11) is 0. The summed E-state index contributed by atoms with van der Waals surface area (Å²) in [6.07, 6.45) is 4.57. The van der Waals surface area contributed by atoms with Crippen molar-refractivity contribution in [3.63, 3.8) is 0 Å². The van der Waals surface area contributed by atoms with E-state index < -0.39 is 0 Å². The van der Waals surface area contributed by atoms with E-state index in [1.807, 2.05) is 0 Å². The van der Waals surface area contributed by atoms with Crippen molar-refractivity contribution in [1.29, 1.82) is 0 Å². The van der Waals surface area contributed by atoms with Crippen LogP contribution in [-0.4, -0.2) is 44.0 Å². The minimum atomic E-state index is 0.0379. The molecule has 2 unspecified atom stereocenters. The van der Waals surface area contributed by atoms with Crippen LogP contribution in [0.2, 0.25) is 0 Å². The highest BCUT2D eigenvalue weighted by molar-refractivity contribution is 5.86. The number of piperidine rings is 1. The molecule has 0 aromatic carbocycles. The Morgan fingerprint density at radius 3 is 2.65 bits per heavy atom. The van der Waals surface area contributed by atoms with Gasteiger partial charge < -0.3 is 16.0 Å². The number of nitrogens with one attached hydrogen (secondary N) is 3. The normalized spacial score (nSPS) is 38.9. The fourth-order valence-electron chi connectivity index (χ4n) is 3.47. The topological polar surface area (TPSA) is 53.2 Å². The maximum Gasteiger partial charge on any atom is 0.142 e. The Balaban J connectivity index is 1.76. The Labute approximate surface area is 103 Å². The molecule has 0 bridgehead atoms. The van der Waals surface area contributed by atoms with Gasteiger partial charge in [0.15, 0.2) is 0 Å². The van der Waals surface area contributed by atoms with Gasteiger partial charge in [0.05, 0.1) is 0 Å². The van der Waals surface area contributed by atoms with Gasteiger partial charge in [-0.1, -0.05) is 6.42 Å². The van der Waals surface area contributed by atoms with Gasteiger partial charge in [-0.05, 0) is 25.8 Å². The Bertz CT molecular complexity index is 287. The van der Waals surface area contributed by atoms with E-state index in [1.165, 1.54) is 6.42 Å². The third-order valence-electron chi connectivity index (χ3n) is 4.83.